The second kappa shape index (κ2) is 26.5. The molecule has 14 N–H and O–H groups in total. The van der Waals surface area contributed by atoms with Gasteiger partial charge in [-0.15, -0.1) is 0 Å². The first kappa shape index (κ1) is 35.0. The van der Waals surface area contributed by atoms with Crippen molar-refractivity contribution in [3.63, 3.8) is 0 Å². The maximum Gasteiger partial charge on any atom is 0.320 e. The summed E-state index contributed by atoms with van der Waals surface area (Å²) < 4.78 is 0. The van der Waals surface area contributed by atoms with Gasteiger partial charge in [0.1, 0.15) is 18.2 Å². The van der Waals surface area contributed by atoms with Crippen LogP contribution in [-0.2, 0) is 14.4 Å². The Labute approximate surface area is 174 Å². The Bertz CT molecular complexity index is 378. The number of aliphatic carboxylic acids is 3. The van der Waals surface area contributed by atoms with E-state index in [4.69, 9.17) is 47.8 Å². The van der Waals surface area contributed by atoms with Gasteiger partial charge in [-0.25, -0.2) is 0 Å². The number of carboxylic acid groups (broad SMARTS) is 3. The van der Waals surface area contributed by atoms with Gasteiger partial charge in [0.2, 0.25) is 0 Å². The van der Waals surface area contributed by atoms with E-state index in [0.717, 1.165) is 5.75 Å². The summed E-state index contributed by atoms with van der Waals surface area (Å²) in [5.74, 6) is -2.02. The van der Waals surface area contributed by atoms with Crippen molar-refractivity contribution in [2.75, 3.05) is 38.3 Å². The normalized spacial score (nSPS) is 11.5. The van der Waals surface area contributed by atoms with Crippen LogP contribution in [0.4, 0.5) is 0 Å². The fourth-order valence-electron chi connectivity index (χ4n) is 0.887. The molecule has 0 rings (SSSR count). The van der Waals surface area contributed by atoms with Crippen molar-refractivity contribution in [2.24, 2.45) is 22.9 Å². The number of rotatable bonds is 11. The Hall–Kier alpha value is -1.52. The second-order valence-electron chi connectivity index (χ2n) is 5.22. The molecular weight excluding hydrogens is 412 g/mol. The number of hydrogen-bond acceptors (Lipinski definition) is 11. The molecule has 0 aromatic carbocycles. The summed E-state index contributed by atoms with van der Waals surface area (Å²) in [4.78, 5) is 29.4. The van der Waals surface area contributed by atoms with E-state index in [9.17, 15) is 14.4 Å². The first-order chi connectivity index (χ1) is 13.4. The predicted octanol–water partition coefficient (Wildman–Crippen LogP) is -3.35. The third kappa shape index (κ3) is 37.8. The lowest BCUT2D eigenvalue weighted by Gasteiger charge is -2.02. The zero-order valence-corrected chi connectivity index (χ0v) is 17.3. The quantitative estimate of drug-likeness (QED) is 0.148. The molecule has 0 aromatic rings. The van der Waals surface area contributed by atoms with Gasteiger partial charge in [0.05, 0.1) is 19.8 Å². The van der Waals surface area contributed by atoms with Crippen molar-refractivity contribution >= 4 is 29.7 Å². The molecule has 29 heavy (non-hydrogen) atoms. The summed E-state index contributed by atoms with van der Waals surface area (Å²) in [6.07, 6.45) is 2.66. The molecule has 2 atom stereocenters. The zero-order valence-electron chi connectivity index (χ0n) is 16.5. The Balaban J connectivity index is -0.000000148. The van der Waals surface area contributed by atoms with Gasteiger partial charge in [0.25, 0.3) is 0 Å². The van der Waals surface area contributed by atoms with Crippen LogP contribution in [0.3, 0.4) is 0 Å². The predicted molar refractivity (Wildman–Crippen MR) is 109 cm³/mol. The molecule has 0 amide bonds. The highest BCUT2D eigenvalue weighted by Gasteiger charge is 2.09. The van der Waals surface area contributed by atoms with Gasteiger partial charge in [-0.05, 0) is 37.8 Å². The molecule has 0 saturated heterocycles. The number of hydrogen-bond donors (Lipinski definition) is 10. The molecular formula is C15H36N4O9S. The fourth-order valence-corrected chi connectivity index (χ4v) is 1.38. The van der Waals surface area contributed by atoms with Gasteiger partial charge in [-0.3, -0.25) is 14.4 Å². The van der Waals surface area contributed by atoms with Crippen molar-refractivity contribution < 1.29 is 45.0 Å². The largest absolute Gasteiger partial charge is 0.480 e. The molecule has 0 heterocycles. The van der Waals surface area contributed by atoms with Crippen LogP contribution < -0.4 is 22.9 Å². The number of carbonyl (C=O) groups is 3. The maximum atomic E-state index is 10.1. The average molecular weight is 449 g/mol. The Morgan fingerprint density at radius 2 is 1.28 bits per heavy atom. The van der Waals surface area contributed by atoms with Crippen LogP contribution in [-0.4, -0.2) is 105 Å². The number of aliphatic hydroxyl groups is 3. The zero-order chi connectivity index (χ0) is 23.8. The van der Waals surface area contributed by atoms with Crippen LogP contribution >= 0.6 is 11.8 Å². The Morgan fingerprint density at radius 3 is 1.48 bits per heavy atom. The average Bonchev–Trinajstić information content (AvgIpc) is 2.70. The first-order valence-electron chi connectivity index (χ1n) is 8.42. The van der Waals surface area contributed by atoms with Crippen LogP contribution in [0, 0.1) is 0 Å². The molecule has 0 spiro atoms. The van der Waals surface area contributed by atoms with Gasteiger partial charge in [0.15, 0.2) is 0 Å². The number of carboxylic acids is 3. The van der Waals surface area contributed by atoms with Crippen molar-refractivity contribution in [3.8, 4) is 0 Å². The van der Waals surface area contributed by atoms with E-state index in [1.807, 2.05) is 6.26 Å². The highest BCUT2D eigenvalue weighted by molar-refractivity contribution is 7.98. The lowest BCUT2D eigenvalue weighted by molar-refractivity contribution is -0.139. The van der Waals surface area contributed by atoms with Crippen LogP contribution in [0.25, 0.3) is 0 Å². The Kier molecular flexibility index (Phi) is 31.9. The highest BCUT2D eigenvalue weighted by atomic mass is 32.2. The topological polar surface area (TPSA) is 277 Å². The molecule has 176 valence electrons. The van der Waals surface area contributed by atoms with E-state index in [2.05, 4.69) is 5.73 Å². The fraction of sp³-hybridized carbons (Fsp3) is 0.800. The third-order valence-electron chi connectivity index (χ3n) is 2.58. The van der Waals surface area contributed by atoms with Crippen LogP contribution in [0.1, 0.15) is 19.3 Å². The summed E-state index contributed by atoms with van der Waals surface area (Å²) in [5, 5.41) is 48.1. The van der Waals surface area contributed by atoms with E-state index >= 15 is 0 Å². The highest BCUT2D eigenvalue weighted by Crippen LogP contribution is 1.97. The minimum Gasteiger partial charge on any atom is -0.480 e. The van der Waals surface area contributed by atoms with Crippen molar-refractivity contribution in [3.05, 3.63) is 0 Å². The summed E-state index contributed by atoms with van der Waals surface area (Å²) in [6, 6.07) is -1.43. The molecule has 0 radical (unpaired) electrons. The van der Waals surface area contributed by atoms with E-state index in [0.29, 0.717) is 25.8 Å². The number of aliphatic hydroxyl groups excluding tert-OH is 3. The molecule has 13 nitrogen and oxygen atoms in total. The molecule has 14 heteroatoms. The van der Waals surface area contributed by atoms with E-state index in [-0.39, 0.29) is 19.8 Å². The first-order valence-corrected chi connectivity index (χ1v) is 9.81. The number of thioether (sulfide) groups is 1. The standard InChI is InChI=1S/C5H12N2O2.C5H11NO2S.C3H8O3.C2H5NO2/c6-3-1-2-4(7)5(8)9;1-9-3-2-4(6)5(7)8;4-1-3(6)2-5;3-1-2(4)5/h4H,1-3,6-7H2,(H,8,9);4H,2-3,6H2,1H3,(H,7,8);3-6H,1-2H2;1,3H2,(H,4,5). The van der Waals surface area contributed by atoms with Gasteiger partial charge >= 0.3 is 17.9 Å². The summed E-state index contributed by atoms with van der Waals surface area (Å²) in [6.45, 7) is -0.506. The minimum absolute atomic E-state index is 0.278. The summed E-state index contributed by atoms with van der Waals surface area (Å²) >= 11 is 1.60. The summed E-state index contributed by atoms with van der Waals surface area (Å²) in [5.41, 5.74) is 20.0. The van der Waals surface area contributed by atoms with Crippen LogP contribution in [0.2, 0.25) is 0 Å². The van der Waals surface area contributed by atoms with Crippen molar-refractivity contribution in [1.29, 1.82) is 0 Å². The van der Waals surface area contributed by atoms with E-state index in [1.165, 1.54) is 0 Å². The molecule has 0 aliphatic carbocycles. The molecule has 0 saturated carbocycles. The summed E-state index contributed by atoms with van der Waals surface area (Å²) in [7, 11) is 0. The van der Waals surface area contributed by atoms with Gasteiger partial charge in [-0.1, -0.05) is 0 Å². The monoisotopic (exact) mass is 448 g/mol. The molecule has 0 bridgehead atoms. The van der Waals surface area contributed by atoms with Crippen molar-refractivity contribution in [2.45, 2.75) is 37.5 Å². The van der Waals surface area contributed by atoms with E-state index < -0.39 is 36.1 Å². The second-order valence-corrected chi connectivity index (χ2v) is 6.20. The number of nitrogens with two attached hydrogens (primary N) is 4. The molecule has 2 unspecified atom stereocenters. The third-order valence-corrected chi connectivity index (χ3v) is 3.23. The lowest BCUT2D eigenvalue weighted by Crippen LogP contribution is -2.30. The SMILES string of the molecule is CSCCC(N)C(=O)O.NCC(=O)O.NCCCC(N)C(=O)O.OCC(O)CO. The van der Waals surface area contributed by atoms with Gasteiger partial charge < -0.3 is 53.6 Å². The lowest BCUT2D eigenvalue weighted by atomic mass is 10.2. The van der Waals surface area contributed by atoms with Crippen LogP contribution in [0.5, 0.6) is 0 Å². The van der Waals surface area contributed by atoms with E-state index in [1.54, 1.807) is 11.8 Å². The molecule has 0 aromatic heterocycles. The van der Waals surface area contributed by atoms with Gasteiger partial charge in [-0.2, -0.15) is 11.8 Å². The minimum atomic E-state index is -0.968. The Morgan fingerprint density at radius 1 is 0.897 bits per heavy atom. The van der Waals surface area contributed by atoms with Gasteiger partial charge in [0, 0.05) is 0 Å². The molecule has 0 aliphatic rings. The molecule has 0 aliphatic heterocycles. The van der Waals surface area contributed by atoms with Crippen LogP contribution in [0.15, 0.2) is 0 Å². The molecule has 0 fully saturated rings. The smallest absolute Gasteiger partial charge is 0.320 e. The maximum absolute atomic E-state index is 10.1. The van der Waals surface area contributed by atoms with Crippen molar-refractivity contribution in [1.82, 2.24) is 0 Å².